The maximum Gasteiger partial charge on any atom is 0.210 e. The van der Waals surface area contributed by atoms with Crippen LogP contribution in [0.4, 0.5) is 5.82 Å². The van der Waals surface area contributed by atoms with Gasteiger partial charge >= 0.3 is 0 Å². The molecule has 1 fully saturated rings. The van der Waals surface area contributed by atoms with Crippen molar-refractivity contribution in [1.29, 1.82) is 0 Å². The van der Waals surface area contributed by atoms with E-state index in [4.69, 9.17) is 9.47 Å². The van der Waals surface area contributed by atoms with Crippen molar-refractivity contribution in [3.05, 3.63) is 18.5 Å². The van der Waals surface area contributed by atoms with E-state index in [-0.39, 0.29) is 0 Å². The Labute approximate surface area is 160 Å². The first-order valence-corrected chi connectivity index (χ1v) is 10.7. The van der Waals surface area contributed by atoms with Gasteiger partial charge in [0.05, 0.1) is 26.0 Å². The molecule has 2 aromatic rings. The van der Waals surface area contributed by atoms with Gasteiger partial charge in [0.2, 0.25) is 10.0 Å². The third-order valence-corrected chi connectivity index (χ3v) is 6.40. The van der Waals surface area contributed by atoms with Gasteiger partial charge in [0, 0.05) is 38.1 Å². The van der Waals surface area contributed by atoms with Crippen LogP contribution in [0.3, 0.4) is 0 Å². The topological polar surface area (TPSA) is 84.9 Å². The summed E-state index contributed by atoms with van der Waals surface area (Å²) >= 11 is 0. The molecule has 0 atom stereocenters. The molecule has 27 heavy (non-hydrogen) atoms. The number of hydrogen-bond acceptors (Lipinski definition) is 7. The molecule has 1 saturated heterocycles. The Morgan fingerprint density at radius 3 is 2.37 bits per heavy atom. The fourth-order valence-corrected chi connectivity index (χ4v) is 3.93. The summed E-state index contributed by atoms with van der Waals surface area (Å²) in [6.45, 7) is 2.20. The molecular formula is C18H26N4O4S. The number of anilines is 1. The van der Waals surface area contributed by atoms with Crippen LogP contribution in [0.25, 0.3) is 10.9 Å². The molecule has 1 aliphatic heterocycles. The van der Waals surface area contributed by atoms with Gasteiger partial charge in [0.25, 0.3) is 0 Å². The number of hydrogen-bond donors (Lipinski definition) is 0. The Morgan fingerprint density at radius 1 is 1.15 bits per heavy atom. The molecule has 1 aromatic carbocycles. The van der Waals surface area contributed by atoms with E-state index >= 15 is 0 Å². The lowest BCUT2D eigenvalue weighted by molar-refractivity contribution is 0.329. The lowest BCUT2D eigenvalue weighted by Gasteiger charge is -2.34. The van der Waals surface area contributed by atoms with Crippen molar-refractivity contribution in [2.45, 2.75) is 12.8 Å². The van der Waals surface area contributed by atoms with Crippen LogP contribution in [0.2, 0.25) is 0 Å². The minimum Gasteiger partial charge on any atom is -0.493 e. The molecule has 0 spiro atoms. The summed E-state index contributed by atoms with van der Waals surface area (Å²) in [6.07, 6.45) is 4.64. The Hall–Kier alpha value is -2.13. The number of piperidine rings is 1. The van der Waals surface area contributed by atoms with E-state index in [9.17, 15) is 8.42 Å². The van der Waals surface area contributed by atoms with Crippen molar-refractivity contribution in [1.82, 2.24) is 14.3 Å². The fraction of sp³-hybridized carbons (Fsp3) is 0.556. The molecule has 0 bridgehead atoms. The van der Waals surface area contributed by atoms with Gasteiger partial charge in [-0.1, -0.05) is 0 Å². The molecule has 0 amide bonds. The highest BCUT2D eigenvalue weighted by Crippen LogP contribution is 2.35. The van der Waals surface area contributed by atoms with E-state index in [1.807, 2.05) is 12.1 Å². The summed E-state index contributed by atoms with van der Waals surface area (Å²) in [7, 11) is 1.71. The zero-order valence-electron chi connectivity index (χ0n) is 16.2. The van der Waals surface area contributed by atoms with Crippen LogP contribution < -0.4 is 14.4 Å². The highest BCUT2D eigenvalue weighted by molar-refractivity contribution is 7.88. The molecule has 9 heteroatoms. The minimum absolute atomic E-state index is 0.351. The molecule has 3 rings (SSSR count). The van der Waals surface area contributed by atoms with E-state index < -0.39 is 10.0 Å². The standard InChI is InChI=1S/C18H26N4O4S/c1-21(27(4,23)24)11-13-5-7-22(8-6-13)18-14-9-16(25-2)17(26-3)10-15(14)19-12-20-18/h9-10,12-13H,5-8,11H2,1-4H3. The van der Waals surface area contributed by atoms with Gasteiger partial charge in [-0.3, -0.25) is 0 Å². The summed E-state index contributed by atoms with van der Waals surface area (Å²) in [5.41, 5.74) is 0.802. The van der Waals surface area contributed by atoms with Gasteiger partial charge < -0.3 is 14.4 Å². The molecule has 0 saturated carbocycles. The van der Waals surface area contributed by atoms with E-state index in [2.05, 4.69) is 14.9 Å². The lowest BCUT2D eigenvalue weighted by Crippen LogP contribution is -2.39. The van der Waals surface area contributed by atoms with E-state index in [0.29, 0.717) is 24.0 Å². The second-order valence-electron chi connectivity index (χ2n) is 6.90. The van der Waals surface area contributed by atoms with Crippen LogP contribution in [0.5, 0.6) is 11.5 Å². The van der Waals surface area contributed by atoms with Gasteiger partial charge in [-0.2, -0.15) is 0 Å². The van der Waals surface area contributed by atoms with Gasteiger partial charge in [-0.05, 0) is 24.8 Å². The number of rotatable bonds is 6. The zero-order chi connectivity index (χ0) is 19.6. The predicted octanol–water partition coefficient (Wildman–Crippen LogP) is 1.75. The van der Waals surface area contributed by atoms with Crippen LogP contribution in [0.1, 0.15) is 12.8 Å². The molecule has 148 valence electrons. The van der Waals surface area contributed by atoms with Crippen molar-refractivity contribution in [2.24, 2.45) is 5.92 Å². The Kier molecular flexibility index (Phi) is 5.71. The first-order valence-electron chi connectivity index (χ1n) is 8.86. The molecule has 0 N–H and O–H groups in total. The maximum absolute atomic E-state index is 11.6. The van der Waals surface area contributed by atoms with Crippen molar-refractivity contribution >= 4 is 26.7 Å². The normalized spacial score (nSPS) is 16.1. The Balaban J connectivity index is 1.79. The summed E-state index contributed by atoms with van der Waals surface area (Å²) in [5.74, 6) is 2.50. The molecule has 1 aliphatic rings. The van der Waals surface area contributed by atoms with Crippen molar-refractivity contribution in [3.63, 3.8) is 0 Å². The SMILES string of the molecule is COc1cc2ncnc(N3CCC(CN(C)S(C)(=O)=O)CC3)c2cc1OC. The second-order valence-corrected chi connectivity index (χ2v) is 8.98. The first-order chi connectivity index (χ1) is 12.8. The number of fused-ring (bicyclic) bond motifs is 1. The third-order valence-electron chi connectivity index (χ3n) is 5.12. The molecule has 1 aromatic heterocycles. The Morgan fingerprint density at radius 2 is 1.78 bits per heavy atom. The number of aromatic nitrogens is 2. The quantitative estimate of drug-likeness (QED) is 0.738. The number of ether oxygens (including phenoxy) is 2. The summed E-state index contributed by atoms with van der Waals surface area (Å²) < 4.78 is 35.5. The van der Waals surface area contributed by atoms with E-state index in [1.54, 1.807) is 27.6 Å². The maximum atomic E-state index is 11.6. The van der Waals surface area contributed by atoms with Gasteiger partial charge in [-0.15, -0.1) is 0 Å². The Bertz CT molecular complexity index is 911. The number of nitrogens with zero attached hydrogens (tertiary/aromatic N) is 4. The highest BCUT2D eigenvalue weighted by atomic mass is 32.2. The number of benzene rings is 1. The molecule has 0 unspecified atom stereocenters. The van der Waals surface area contributed by atoms with Crippen LogP contribution in [-0.4, -0.2) is 69.8 Å². The monoisotopic (exact) mass is 394 g/mol. The molecule has 0 radical (unpaired) electrons. The van der Waals surface area contributed by atoms with E-state index in [1.165, 1.54) is 10.6 Å². The average molecular weight is 394 g/mol. The van der Waals surface area contributed by atoms with Gasteiger partial charge in [0.1, 0.15) is 12.1 Å². The van der Waals surface area contributed by atoms with Gasteiger partial charge in [0.15, 0.2) is 11.5 Å². The third kappa shape index (κ3) is 4.24. The molecule has 2 heterocycles. The predicted molar refractivity (Wildman–Crippen MR) is 105 cm³/mol. The van der Waals surface area contributed by atoms with Crippen LogP contribution >= 0.6 is 0 Å². The average Bonchev–Trinajstić information content (AvgIpc) is 2.66. The second kappa shape index (κ2) is 7.85. The smallest absolute Gasteiger partial charge is 0.210 e. The van der Waals surface area contributed by atoms with Crippen LogP contribution in [0, 0.1) is 5.92 Å². The van der Waals surface area contributed by atoms with Crippen molar-refractivity contribution < 1.29 is 17.9 Å². The minimum atomic E-state index is -3.14. The number of sulfonamides is 1. The molecule has 0 aliphatic carbocycles. The van der Waals surface area contributed by atoms with Gasteiger partial charge in [-0.25, -0.2) is 22.7 Å². The van der Waals surface area contributed by atoms with Crippen LogP contribution in [-0.2, 0) is 10.0 Å². The summed E-state index contributed by atoms with van der Waals surface area (Å²) in [6, 6.07) is 3.76. The fourth-order valence-electron chi connectivity index (χ4n) is 3.45. The summed E-state index contributed by atoms with van der Waals surface area (Å²) in [5, 5.41) is 0.918. The molecule has 8 nitrogen and oxygen atoms in total. The van der Waals surface area contributed by atoms with Crippen LogP contribution in [0.15, 0.2) is 18.5 Å². The van der Waals surface area contributed by atoms with Crippen molar-refractivity contribution in [2.75, 3.05) is 52.1 Å². The largest absolute Gasteiger partial charge is 0.493 e. The first kappa shape index (κ1) is 19.6. The summed E-state index contributed by atoms with van der Waals surface area (Å²) in [4.78, 5) is 11.1. The van der Waals surface area contributed by atoms with E-state index in [0.717, 1.165) is 42.7 Å². The lowest BCUT2D eigenvalue weighted by atomic mass is 9.96. The highest BCUT2D eigenvalue weighted by Gasteiger charge is 2.25. The zero-order valence-corrected chi connectivity index (χ0v) is 17.0. The molecular weight excluding hydrogens is 368 g/mol. The van der Waals surface area contributed by atoms with Crippen molar-refractivity contribution in [3.8, 4) is 11.5 Å². The number of methoxy groups -OCH3 is 2.